The Kier molecular flexibility index (Phi) is 8.17. The molecule has 8 heteroatoms. The number of benzene rings is 1. The van der Waals surface area contributed by atoms with Gasteiger partial charge in [0.25, 0.3) is 0 Å². The van der Waals surface area contributed by atoms with Crippen LogP contribution in [0.3, 0.4) is 0 Å². The third kappa shape index (κ3) is 7.94. The zero-order valence-corrected chi connectivity index (χ0v) is 20.3. The van der Waals surface area contributed by atoms with Crippen molar-refractivity contribution in [3.63, 3.8) is 0 Å². The van der Waals surface area contributed by atoms with Crippen LogP contribution in [-0.4, -0.2) is 39.1 Å². The molecule has 1 amide bonds. The average molecular weight is 450 g/mol. The third-order valence-corrected chi connectivity index (χ3v) is 6.12. The van der Waals surface area contributed by atoms with E-state index < -0.39 is 10.0 Å². The molecule has 0 bridgehead atoms. The van der Waals surface area contributed by atoms with Crippen molar-refractivity contribution < 1.29 is 17.6 Å². The molecule has 0 radical (unpaired) electrons. The second-order valence-electron chi connectivity index (χ2n) is 9.23. The van der Waals surface area contributed by atoms with Gasteiger partial charge in [-0.2, -0.15) is 0 Å². The van der Waals surface area contributed by atoms with Crippen LogP contribution in [0.2, 0.25) is 0 Å². The van der Waals surface area contributed by atoms with Crippen LogP contribution in [0.1, 0.15) is 51.9 Å². The van der Waals surface area contributed by atoms with Crippen molar-refractivity contribution in [1.29, 1.82) is 0 Å². The van der Waals surface area contributed by atoms with E-state index in [4.69, 9.17) is 4.42 Å². The molecule has 0 saturated heterocycles. The minimum atomic E-state index is -3.40. The maximum atomic E-state index is 13.1. The topological polar surface area (TPSA) is 82.9 Å². The summed E-state index contributed by atoms with van der Waals surface area (Å²) in [6, 6.07) is 9.08. The van der Waals surface area contributed by atoms with Gasteiger partial charge < -0.3 is 14.2 Å². The predicted octanol–water partition coefficient (Wildman–Crippen LogP) is 4.46. The summed E-state index contributed by atoms with van der Waals surface area (Å²) in [5.74, 6) is 0.783. The van der Waals surface area contributed by atoms with Crippen molar-refractivity contribution in [2.24, 2.45) is 5.41 Å². The third-order valence-electron chi connectivity index (χ3n) is 4.63. The summed E-state index contributed by atoms with van der Waals surface area (Å²) < 4.78 is 32.6. The lowest BCUT2D eigenvalue weighted by atomic mass is 9.91. The number of anilines is 2. The number of furan rings is 1. The van der Waals surface area contributed by atoms with Crippen LogP contribution < -0.4 is 9.62 Å². The molecule has 0 aliphatic carbocycles. The summed E-state index contributed by atoms with van der Waals surface area (Å²) in [4.78, 5) is 16.8. The van der Waals surface area contributed by atoms with Crippen molar-refractivity contribution in [2.45, 2.75) is 53.6 Å². The molecule has 1 N–H and O–H groups in total. The predicted molar refractivity (Wildman–Crippen MR) is 126 cm³/mol. The van der Waals surface area contributed by atoms with Crippen molar-refractivity contribution in [1.82, 2.24) is 4.90 Å². The van der Waals surface area contributed by atoms with Gasteiger partial charge in [0.15, 0.2) is 0 Å². The summed E-state index contributed by atoms with van der Waals surface area (Å²) in [5, 5.41) is 0. The maximum absolute atomic E-state index is 13.1. The first kappa shape index (κ1) is 24.8. The van der Waals surface area contributed by atoms with E-state index in [2.05, 4.69) is 4.72 Å². The number of rotatable bonds is 10. The number of nitrogens with one attached hydrogen (secondary N) is 1. The highest BCUT2D eigenvalue weighted by Crippen LogP contribution is 2.28. The van der Waals surface area contributed by atoms with Gasteiger partial charge in [0.2, 0.25) is 15.9 Å². The Bertz CT molecular complexity index is 961. The van der Waals surface area contributed by atoms with E-state index in [-0.39, 0.29) is 17.1 Å². The summed E-state index contributed by atoms with van der Waals surface area (Å²) in [5.41, 5.74) is 2.12. The van der Waals surface area contributed by atoms with Gasteiger partial charge in [0.05, 0.1) is 18.6 Å². The van der Waals surface area contributed by atoms with Crippen LogP contribution in [-0.2, 0) is 27.9 Å². The number of carbonyl (C=O) groups excluding carboxylic acids is 1. The van der Waals surface area contributed by atoms with Gasteiger partial charge in [-0.05, 0) is 47.7 Å². The summed E-state index contributed by atoms with van der Waals surface area (Å²) >= 11 is 0. The first-order chi connectivity index (χ1) is 14.4. The van der Waals surface area contributed by atoms with E-state index in [1.54, 1.807) is 23.3 Å². The lowest BCUT2D eigenvalue weighted by Gasteiger charge is -2.28. The molecule has 172 valence electrons. The van der Waals surface area contributed by atoms with Crippen molar-refractivity contribution in [3.8, 4) is 0 Å². The molecule has 0 aliphatic rings. The summed E-state index contributed by atoms with van der Waals surface area (Å²) in [6.07, 6.45) is 2.53. The van der Waals surface area contributed by atoms with Crippen molar-refractivity contribution in [3.05, 3.63) is 47.9 Å². The maximum Gasteiger partial charge on any atom is 0.232 e. The van der Waals surface area contributed by atoms with Crippen LogP contribution >= 0.6 is 0 Å². The quantitative estimate of drug-likeness (QED) is 0.579. The molecule has 0 atom stereocenters. The Labute approximate surface area is 186 Å². The molecule has 2 rings (SSSR count). The fourth-order valence-electron chi connectivity index (χ4n) is 3.31. The van der Waals surface area contributed by atoms with Crippen LogP contribution in [0.25, 0.3) is 0 Å². The minimum Gasteiger partial charge on any atom is -0.467 e. The van der Waals surface area contributed by atoms with Crippen LogP contribution in [0.15, 0.2) is 41.0 Å². The van der Waals surface area contributed by atoms with Crippen LogP contribution in [0.5, 0.6) is 0 Å². The first-order valence-electron chi connectivity index (χ1n) is 10.5. The van der Waals surface area contributed by atoms with Crippen LogP contribution in [0, 0.1) is 5.41 Å². The van der Waals surface area contributed by atoms with Gasteiger partial charge in [-0.1, -0.05) is 27.7 Å². The summed E-state index contributed by atoms with van der Waals surface area (Å²) in [6.45, 7) is 8.61. The number of hydrogen-bond acceptors (Lipinski definition) is 5. The molecule has 0 saturated carbocycles. The molecule has 1 heterocycles. The molecule has 7 nitrogen and oxygen atoms in total. The fourth-order valence-corrected chi connectivity index (χ4v) is 4.43. The monoisotopic (exact) mass is 449 g/mol. The number of hydrogen-bond donors (Lipinski definition) is 1. The molecule has 0 unspecified atom stereocenters. The van der Waals surface area contributed by atoms with Crippen molar-refractivity contribution >= 4 is 27.3 Å². The Balaban J connectivity index is 2.38. The lowest BCUT2D eigenvalue weighted by molar-refractivity contribution is -0.134. The number of sulfonamides is 1. The number of carbonyl (C=O) groups is 1. The Morgan fingerprint density at radius 2 is 1.84 bits per heavy atom. The SMILES string of the molecule is CCCS(=O)(=O)Nc1ccc(N(C)C)c(CN(Cc2ccco2)C(=O)CC(C)(C)C)c1. The highest BCUT2D eigenvalue weighted by molar-refractivity contribution is 7.92. The largest absolute Gasteiger partial charge is 0.467 e. The number of nitrogens with zero attached hydrogens (tertiary/aromatic N) is 2. The zero-order valence-electron chi connectivity index (χ0n) is 19.4. The zero-order chi connectivity index (χ0) is 23.2. The van der Waals surface area contributed by atoms with Gasteiger partial charge in [0.1, 0.15) is 5.76 Å². The van der Waals surface area contributed by atoms with E-state index in [0.29, 0.717) is 37.4 Å². The molecule has 0 spiro atoms. The molecule has 0 fully saturated rings. The molecule has 31 heavy (non-hydrogen) atoms. The Hall–Kier alpha value is -2.48. The molecule has 0 aliphatic heterocycles. The van der Waals surface area contributed by atoms with E-state index in [9.17, 15) is 13.2 Å². The highest BCUT2D eigenvalue weighted by atomic mass is 32.2. The molecular weight excluding hydrogens is 414 g/mol. The van der Waals surface area contributed by atoms with Crippen molar-refractivity contribution in [2.75, 3.05) is 29.5 Å². The average Bonchev–Trinajstić information content (AvgIpc) is 3.12. The van der Waals surface area contributed by atoms with Gasteiger partial charge in [-0.25, -0.2) is 8.42 Å². The van der Waals surface area contributed by atoms with E-state index in [1.807, 2.05) is 64.9 Å². The molecular formula is C23H35N3O4S. The van der Waals surface area contributed by atoms with E-state index >= 15 is 0 Å². The second-order valence-corrected chi connectivity index (χ2v) is 11.1. The molecule has 1 aromatic carbocycles. The standard InChI is InChI=1S/C23H35N3O4S/c1-7-13-31(28,29)24-19-10-11-21(25(5)6)18(14-19)16-26(17-20-9-8-12-30-20)22(27)15-23(2,3)4/h8-12,14,24H,7,13,15-17H2,1-6H3. The van der Waals surface area contributed by atoms with Gasteiger partial charge in [0, 0.05) is 38.4 Å². The van der Waals surface area contributed by atoms with Crippen LogP contribution in [0.4, 0.5) is 11.4 Å². The number of amides is 1. The smallest absolute Gasteiger partial charge is 0.232 e. The fraction of sp³-hybridized carbons (Fsp3) is 0.522. The van der Waals surface area contributed by atoms with Gasteiger partial charge in [-0.15, -0.1) is 0 Å². The highest BCUT2D eigenvalue weighted by Gasteiger charge is 2.24. The second kappa shape index (κ2) is 10.2. The Morgan fingerprint density at radius 3 is 2.39 bits per heavy atom. The first-order valence-corrected chi connectivity index (χ1v) is 12.2. The normalized spacial score (nSPS) is 11.9. The van der Waals surface area contributed by atoms with E-state index in [0.717, 1.165) is 11.3 Å². The summed E-state index contributed by atoms with van der Waals surface area (Å²) in [7, 11) is 0.445. The molecule has 1 aromatic heterocycles. The van der Waals surface area contributed by atoms with Gasteiger partial charge >= 0.3 is 0 Å². The Morgan fingerprint density at radius 1 is 1.13 bits per heavy atom. The lowest BCUT2D eigenvalue weighted by Crippen LogP contribution is -2.33. The van der Waals surface area contributed by atoms with Gasteiger partial charge in [-0.3, -0.25) is 9.52 Å². The molecule has 2 aromatic rings. The minimum absolute atomic E-state index is 0.0190. The van der Waals surface area contributed by atoms with E-state index in [1.165, 1.54) is 0 Å².